The molecule has 2 rings (SSSR count). The Hall–Kier alpha value is -1.72. The van der Waals surface area contributed by atoms with E-state index in [1.165, 1.54) is 0 Å². The summed E-state index contributed by atoms with van der Waals surface area (Å²) in [5, 5.41) is 4.74. The van der Waals surface area contributed by atoms with Gasteiger partial charge in [0.15, 0.2) is 11.6 Å². The fourth-order valence-electron chi connectivity index (χ4n) is 1.51. The first kappa shape index (κ1) is 11.8. The normalized spacial score (nSPS) is 15.2. The second-order valence-electron chi connectivity index (χ2n) is 3.97. The van der Waals surface area contributed by atoms with Crippen molar-refractivity contribution in [2.75, 3.05) is 5.32 Å². The number of rotatable bonds is 2. The number of urea groups is 1. The second-order valence-corrected chi connectivity index (χ2v) is 3.97. The van der Waals surface area contributed by atoms with Crippen molar-refractivity contribution in [2.24, 2.45) is 0 Å². The van der Waals surface area contributed by atoms with E-state index in [1.54, 1.807) is 0 Å². The lowest BCUT2D eigenvalue weighted by Gasteiger charge is -2.26. The van der Waals surface area contributed by atoms with Gasteiger partial charge in [0, 0.05) is 18.2 Å². The number of halogens is 3. The molecule has 1 saturated carbocycles. The molecule has 6 heteroatoms. The predicted octanol–water partition coefficient (Wildman–Crippen LogP) is 2.78. The average molecular weight is 244 g/mol. The summed E-state index contributed by atoms with van der Waals surface area (Å²) in [6.07, 6.45) is 2.81. The van der Waals surface area contributed by atoms with E-state index in [-0.39, 0.29) is 11.7 Å². The van der Waals surface area contributed by atoms with E-state index in [4.69, 9.17) is 0 Å². The first-order valence-electron chi connectivity index (χ1n) is 5.28. The molecule has 92 valence electrons. The monoisotopic (exact) mass is 244 g/mol. The molecule has 0 bridgehead atoms. The van der Waals surface area contributed by atoms with Gasteiger partial charge < -0.3 is 10.6 Å². The lowest BCUT2D eigenvalue weighted by Crippen LogP contribution is -2.42. The minimum atomic E-state index is -1.28. The molecule has 17 heavy (non-hydrogen) atoms. The molecule has 0 heterocycles. The van der Waals surface area contributed by atoms with Crippen molar-refractivity contribution in [2.45, 2.75) is 25.3 Å². The van der Waals surface area contributed by atoms with Gasteiger partial charge in [-0.05, 0) is 19.3 Å². The van der Waals surface area contributed by atoms with E-state index in [0.717, 1.165) is 19.3 Å². The van der Waals surface area contributed by atoms with Gasteiger partial charge in [-0.1, -0.05) is 0 Å². The number of carbonyl (C=O) groups excluding carboxylic acids is 1. The molecule has 0 radical (unpaired) electrons. The Morgan fingerprint density at radius 1 is 1.12 bits per heavy atom. The number of hydrogen-bond acceptors (Lipinski definition) is 1. The van der Waals surface area contributed by atoms with Gasteiger partial charge in [0.25, 0.3) is 0 Å². The third-order valence-electron chi connectivity index (χ3n) is 2.70. The van der Waals surface area contributed by atoms with Crippen molar-refractivity contribution in [3.05, 3.63) is 29.6 Å². The zero-order valence-corrected chi connectivity index (χ0v) is 8.90. The van der Waals surface area contributed by atoms with Crippen molar-refractivity contribution < 1.29 is 18.0 Å². The summed E-state index contributed by atoms with van der Waals surface area (Å²) < 4.78 is 38.6. The van der Waals surface area contributed by atoms with Gasteiger partial charge in [-0.3, -0.25) is 0 Å². The van der Waals surface area contributed by atoms with Crippen LogP contribution >= 0.6 is 0 Å². The van der Waals surface area contributed by atoms with Crippen LogP contribution in [0.4, 0.5) is 23.7 Å². The Labute approximate surface area is 96.0 Å². The molecule has 0 unspecified atom stereocenters. The molecule has 0 spiro atoms. The number of amides is 2. The van der Waals surface area contributed by atoms with E-state index in [1.807, 2.05) is 0 Å². The highest BCUT2D eigenvalue weighted by Gasteiger charge is 2.20. The molecule has 1 aliphatic carbocycles. The smallest absolute Gasteiger partial charge is 0.319 e. The van der Waals surface area contributed by atoms with Gasteiger partial charge in [-0.15, -0.1) is 0 Å². The molecule has 1 fully saturated rings. The van der Waals surface area contributed by atoms with Gasteiger partial charge in [-0.2, -0.15) is 0 Å². The van der Waals surface area contributed by atoms with Crippen LogP contribution in [0.1, 0.15) is 19.3 Å². The van der Waals surface area contributed by atoms with Gasteiger partial charge in [0.2, 0.25) is 0 Å². The van der Waals surface area contributed by atoms with Crippen LogP contribution in [0.2, 0.25) is 0 Å². The molecule has 1 aromatic carbocycles. The summed E-state index contributed by atoms with van der Waals surface area (Å²) in [5.74, 6) is -3.49. The number of benzene rings is 1. The van der Waals surface area contributed by atoms with E-state index < -0.39 is 23.5 Å². The molecule has 0 saturated heterocycles. The van der Waals surface area contributed by atoms with E-state index in [9.17, 15) is 18.0 Å². The van der Waals surface area contributed by atoms with Crippen LogP contribution < -0.4 is 10.6 Å². The topological polar surface area (TPSA) is 41.1 Å². The molecule has 1 aliphatic rings. The van der Waals surface area contributed by atoms with Crippen LogP contribution in [-0.4, -0.2) is 12.1 Å². The third kappa shape index (κ3) is 2.69. The van der Waals surface area contributed by atoms with Gasteiger partial charge in [0.05, 0.1) is 5.69 Å². The first-order chi connectivity index (χ1) is 8.06. The summed E-state index contributed by atoms with van der Waals surface area (Å²) in [4.78, 5) is 11.4. The largest absolute Gasteiger partial charge is 0.335 e. The molecule has 0 atom stereocenters. The maximum atomic E-state index is 13.2. The predicted molar refractivity (Wildman–Crippen MR) is 56.1 cm³/mol. The molecule has 0 aliphatic heterocycles. The van der Waals surface area contributed by atoms with Crippen molar-refractivity contribution in [1.29, 1.82) is 0 Å². The quantitative estimate of drug-likeness (QED) is 0.772. The fraction of sp³-hybridized carbons (Fsp3) is 0.364. The Balaban J connectivity index is 2.02. The molecule has 3 nitrogen and oxygen atoms in total. The fourth-order valence-corrected chi connectivity index (χ4v) is 1.51. The molecule has 2 amide bonds. The molecule has 0 aromatic heterocycles. The highest BCUT2D eigenvalue weighted by atomic mass is 19.2. The summed E-state index contributed by atoms with van der Waals surface area (Å²) in [6.45, 7) is 0. The van der Waals surface area contributed by atoms with E-state index >= 15 is 0 Å². The Kier molecular flexibility index (Phi) is 3.21. The highest BCUT2D eigenvalue weighted by molar-refractivity contribution is 5.89. The zero-order chi connectivity index (χ0) is 12.4. The van der Waals surface area contributed by atoms with E-state index in [2.05, 4.69) is 10.6 Å². The van der Waals surface area contributed by atoms with Crippen molar-refractivity contribution >= 4 is 11.7 Å². The first-order valence-corrected chi connectivity index (χ1v) is 5.28. The highest BCUT2D eigenvalue weighted by Crippen LogP contribution is 2.20. The maximum absolute atomic E-state index is 13.2. The zero-order valence-electron chi connectivity index (χ0n) is 8.90. The Morgan fingerprint density at radius 2 is 1.76 bits per heavy atom. The molecule has 1 aromatic rings. The molecule has 2 N–H and O–H groups in total. The van der Waals surface area contributed by atoms with Gasteiger partial charge in [-0.25, -0.2) is 18.0 Å². The minimum Gasteiger partial charge on any atom is -0.335 e. The Morgan fingerprint density at radius 3 is 2.35 bits per heavy atom. The molecular weight excluding hydrogens is 233 g/mol. The SMILES string of the molecule is O=C(Nc1cc(F)c(F)cc1F)NC1CCC1. The lowest BCUT2D eigenvalue weighted by atomic mass is 9.93. The minimum absolute atomic E-state index is 0.0864. The van der Waals surface area contributed by atoms with Crippen LogP contribution in [0.25, 0.3) is 0 Å². The average Bonchev–Trinajstić information content (AvgIpc) is 2.20. The number of anilines is 1. The maximum Gasteiger partial charge on any atom is 0.319 e. The van der Waals surface area contributed by atoms with E-state index in [0.29, 0.717) is 12.1 Å². The van der Waals surface area contributed by atoms with Crippen LogP contribution in [0.5, 0.6) is 0 Å². The van der Waals surface area contributed by atoms with Gasteiger partial charge >= 0.3 is 6.03 Å². The number of carbonyl (C=O) groups is 1. The van der Waals surface area contributed by atoms with Crippen LogP contribution in [-0.2, 0) is 0 Å². The molecular formula is C11H11F3N2O. The number of hydrogen-bond donors (Lipinski definition) is 2. The van der Waals surface area contributed by atoms with Crippen molar-refractivity contribution in [3.63, 3.8) is 0 Å². The standard InChI is InChI=1S/C11H11F3N2O/c12-7-4-9(14)10(5-8(7)13)16-11(17)15-6-2-1-3-6/h4-6H,1-3H2,(H2,15,16,17). The Bertz CT molecular complexity index is 447. The number of nitrogens with one attached hydrogen (secondary N) is 2. The van der Waals surface area contributed by atoms with Crippen LogP contribution in [0.3, 0.4) is 0 Å². The van der Waals surface area contributed by atoms with Crippen molar-refractivity contribution in [3.8, 4) is 0 Å². The van der Waals surface area contributed by atoms with Gasteiger partial charge in [0.1, 0.15) is 5.82 Å². The van der Waals surface area contributed by atoms with Crippen LogP contribution in [0.15, 0.2) is 12.1 Å². The summed E-state index contributed by atoms with van der Waals surface area (Å²) in [5.41, 5.74) is -0.374. The lowest BCUT2D eigenvalue weighted by molar-refractivity contribution is 0.240. The van der Waals surface area contributed by atoms with Crippen molar-refractivity contribution in [1.82, 2.24) is 5.32 Å². The summed E-state index contributed by atoms with van der Waals surface area (Å²) in [6, 6.07) is 0.488. The van der Waals surface area contributed by atoms with Crippen LogP contribution in [0, 0.1) is 17.5 Å². The third-order valence-corrected chi connectivity index (χ3v) is 2.70. The summed E-state index contributed by atoms with van der Waals surface area (Å²) in [7, 11) is 0. The summed E-state index contributed by atoms with van der Waals surface area (Å²) >= 11 is 0. The second kappa shape index (κ2) is 4.65.